The van der Waals surface area contributed by atoms with Gasteiger partial charge in [0, 0.05) is 23.6 Å². The van der Waals surface area contributed by atoms with E-state index in [2.05, 4.69) is 42.0 Å². The first-order valence-corrected chi connectivity index (χ1v) is 8.16. The van der Waals surface area contributed by atoms with Gasteiger partial charge in [-0.3, -0.25) is 4.98 Å². The molecule has 0 unspecified atom stereocenters. The van der Waals surface area contributed by atoms with Crippen LogP contribution in [0.5, 0.6) is 0 Å². The molecule has 3 rings (SSSR count). The maximum absolute atomic E-state index is 9.12. The Morgan fingerprint density at radius 2 is 1.96 bits per heavy atom. The number of hydrogen-bond acceptors (Lipinski definition) is 2. The lowest BCUT2D eigenvalue weighted by atomic mass is 9.96. The molecule has 3 aromatic rings. The molecule has 0 bridgehead atoms. The second-order valence-corrected chi connectivity index (χ2v) is 5.71. The monoisotopic (exact) mass is 310 g/mol. The fourth-order valence-corrected chi connectivity index (χ4v) is 2.73. The number of unbranched alkanes of at least 4 members (excludes halogenated alkanes) is 1. The zero-order chi connectivity index (χ0) is 16.8. The molecule has 1 aromatic heterocycles. The van der Waals surface area contributed by atoms with Gasteiger partial charge in [0.25, 0.3) is 0 Å². The lowest BCUT2D eigenvalue weighted by molar-refractivity contribution is 0.983. The zero-order valence-electron chi connectivity index (χ0n) is 13.7. The summed E-state index contributed by atoms with van der Waals surface area (Å²) in [5, 5.41) is 10.2. The molecule has 0 atom stereocenters. The van der Waals surface area contributed by atoms with Crippen LogP contribution in [0.1, 0.15) is 42.0 Å². The summed E-state index contributed by atoms with van der Waals surface area (Å²) in [6, 6.07) is 18.1. The summed E-state index contributed by atoms with van der Waals surface area (Å²) in [4.78, 5) is 4.54. The van der Waals surface area contributed by atoms with Crippen molar-refractivity contribution in [3.63, 3.8) is 0 Å². The molecule has 0 saturated carbocycles. The Morgan fingerprint density at radius 1 is 1.08 bits per heavy atom. The second kappa shape index (κ2) is 7.44. The van der Waals surface area contributed by atoms with Crippen LogP contribution in [0.2, 0.25) is 0 Å². The molecule has 0 spiro atoms. The Morgan fingerprint density at radius 3 is 2.79 bits per heavy atom. The van der Waals surface area contributed by atoms with Crippen LogP contribution in [0.4, 0.5) is 0 Å². The topological polar surface area (TPSA) is 36.7 Å². The van der Waals surface area contributed by atoms with E-state index < -0.39 is 0 Å². The molecular weight excluding hydrogens is 292 g/mol. The number of para-hydroxylation sites is 1. The van der Waals surface area contributed by atoms with E-state index in [1.165, 1.54) is 5.56 Å². The van der Waals surface area contributed by atoms with Crippen LogP contribution in [0.3, 0.4) is 0 Å². The molecule has 0 fully saturated rings. The molecule has 116 valence electrons. The standard InChI is InChI=1S/C22H18N2/c1-2-3-4-10-19-16-24-22-12-6-5-11-20(22)21(19)14-17-8-7-9-18(13-17)15-23/h5-9,11-13,16H,2-3,14H2,1H3. The van der Waals surface area contributed by atoms with Crippen molar-refractivity contribution in [1.82, 2.24) is 4.98 Å². The van der Waals surface area contributed by atoms with E-state index in [0.717, 1.165) is 41.3 Å². The summed E-state index contributed by atoms with van der Waals surface area (Å²) in [5.74, 6) is 6.50. The normalized spacial score (nSPS) is 10.0. The van der Waals surface area contributed by atoms with Gasteiger partial charge in [0.2, 0.25) is 0 Å². The minimum Gasteiger partial charge on any atom is -0.255 e. The average molecular weight is 310 g/mol. The van der Waals surface area contributed by atoms with Crippen molar-refractivity contribution in [2.45, 2.75) is 26.2 Å². The van der Waals surface area contributed by atoms with Gasteiger partial charge in [0.05, 0.1) is 17.1 Å². The summed E-state index contributed by atoms with van der Waals surface area (Å²) in [6.45, 7) is 2.13. The highest BCUT2D eigenvalue weighted by atomic mass is 14.7. The predicted octanol–water partition coefficient (Wildman–Crippen LogP) is 4.85. The Bertz CT molecular complexity index is 968. The van der Waals surface area contributed by atoms with Crippen molar-refractivity contribution >= 4 is 10.9 Å². The smallest absolute Gasteiger partial charge is 0.0991 e. The molecule has 0 radical (unpaired) electrons. The van der Waals surface area contributed by atoms with Gasteiger partial charge in [0.1, 0.15) is 0 Å². The minimum absolute atomic E-state index is 0.685. The van der Waals surface area contributed by atoms with Crippen molar-refractivity contribution in [1.29, 1.82) is 5.26 Å². The number of pyridine rings is 1. The quantitative estimate of drug-likeness (QED) is 0.648. The molecule has 2 nitrogen and oxygen atoms in total. The molecule has 0 N–H and O–H groups in total. The number of aromatic nitrogens is 1. The van der Waals surface area contributed by atoms with Crippen LogP contribution in [0.25, 0.3) is 10.9 Å². The molecular formula is C22H18N2. The van der Waals surface area contributed by atoms with Gasteiger partial charge in [-0.05, 0) is 42.2 Å². The van der Waals surface area contributed by atoms with Gasteiger partial charge in [-0.1, -0.05) is 49.1 Å². The SMILES string of the molecule is CCCC#Cc1cnc2ccccc2c1Cc1cccc(C#N)c1. The molecule has 24 heavy (non-hydrogen) atoms. The third-order valence-corrected chi connectivity index (χ3v) is 3.92. The third-order valence-electron chi connectivity index (χ3n) is 3.92. The second-order valence-electron chi connectivity index (χ2n) is 5.71. The van der Waals surface area contributed by atoms with Gasteiger partial charge in [-0.15, -0.1) is 0 Å². The average Bonchev–Trinajstić information content (AvgIpc) is 2.63. The van der Waals surface area contributed by atoms with Gasteiger partial charge in [-0.2, -0.15) is 5.26 Å². The van der Waals surface area contributed by atoms with Crippen LogP contribution in [-0.4, -0.2) is 4.98 Å². The van der Waals surface area contributed by atoms with Crippen LogP contribution in [0, 0.1) is 23.2 Å². The van der Waals surface area contributed by atoms with Crippen LogP contribution in [0.15, 0.2) is 54.7 Å². The van der Waals surface area contributed by atoms with Crippen molar-refractivity contribution in [2.24, 2.45) is 0 Å². The van der Waals surface area contributed by atoms with E-state index in [1.54, 1.807) is 0 Å². The van der Waals surface area contributed by atoms with Gasteiger partial charge < -0.3 is 0 Å². The summed E-state index contributed by atoms with van der Waals surface area (Å²) in [7, 11) is 0. The third kappa shape index (κ3) is 3.45. The Balaban J connectivity index is 2.11. The van der Waals surface area contributed by atoms with E-state index in [9.17, 15) is 0 Å². The summed E-state index contributed by atoms with van der Waals surface area (Å²) < 4.78 is 0. The van der Waals surface area contributed by atoms with E-state index in [-0.39, 0.29) is 0 Å². The first-order valence-electron chi connectivity index (χ1n) is 8.16. The summed E-state index contributed by atoms with van der Waals surface area (Å²) in [6.07, 6.45) is 4.55. The van der Waals surface area contributed by atoms with Crippen LogP contribution in [-0.2, 0) is 6.42 Å². The highest BCUT2D eigenvalue weighted by Gasteiger charge is 2.09. The largest absolute Gasteiger partial charge is 0.255 e. The Kier molecular flexibility index (Phi) is 4.90. The molecule has 0 amide bonds. The van der Waals surface area contributed by atoms with E-state index in [4.69, 9.17) is 5.26 Å². The first-order chi connectivity index (χ1) is 11.8. The first kappa shape index (κ1) is 15.8. The van der Waals surface area contributed by atoms with Crippen molar-refractivity contribution in [2.75, 3.05) is 0 Å². The van der Waals surface area contributed by atoms with Gasteiger partial charge in [-0.25, -0.2) is 0 Å². The maximum atomic E-state index is 9.12. The van der Waals surface area contributed by atoms with Crippen molar-refractivity contribution < 1.29 is 0 Å². The van der Waals surface area contributed by atoms with E-state index in [1.807, 2.05) is 42.6 Å². The molecule has 2 heteroatoms. The fraction of sp³-hybridized carbons (Fsp3) is 0.182. The molecule has 0 aliphatic rings. The lowest BCUT2D eigenvalue weighted by Gasteiger charge is -2.09. The Hall–Kier alpha value is -3.10. The van der Waals surface area contributed by atoms with Crippen molar-refractivity contribution in [3.05, 3.63) is 77.0 Å². The maximum Gasteiger partial charge on any atom is 0.0991 e. The van der Waals surface area contributed by atoms with Crippen LogP contribution < -0.4 is 0 Å². The van der Waals surface area contributed by atoms with E-state index >= 15 is 0 Å². The highest BCUT2D eigenvalue weighted by Crippen LogP contribution is 2.23. The number of benzene rings is 2. The molecule has 0 aliphatic heterocycles. The van der Waals surface area contributed by atoms with E-state index in [0.29, 0.717) is 5.56 Å². The molecule has 0 saturated heterocycles. The van der Waals surface area contributed by atoms with Gasteiger partial charge >= 0.3 is 0 Å². The lowest BCUT2D eigenvalue weighted by Crippen LogP contribution is -1.97. The summed E-state index contributed by atoms with van der Waals surface area (Å²) >= 11 is 0. The van der Waals surface area contributed by atoms with Crippen LogP contribution >= 0.6 is 0 Å². The molecule has 0 aliphatic carbocycles. The number of fused-ring (bicyclic) bond motifs is 1. The number of rotatable bonds is 3. The summed E-state index contributed by atoms with van der Waals surface area (Å²) in [5.41, 5.74) is 4.93. The number of nitriles is 1. The minimum atomic E-state index is 0.685. The zero-order valence-corrected chi connectivity index (χ0v) is 13.7. The highest BCUT2D eigenvalue weighted by molar-refractivity contribution is 5.84. The van der Waals surface area contributed by atoms with Crippen molar-refractivity contribution in [3.8, 4) is 17.9 Å². The molecule has 2 aromatic carbocycles. The van der Waals surface area contributed by atoms with Gasteiger partial charge in [0.15, 0.2) is 0 Å². The number of hydrogen-bond donors (Lipinski definition) is 0. The molecule has 1 heterocycles. The number of nitrogens with zero attached hydrogens (tertiary/aromatic N) is 2. The Labute approximate surface area is 142 Å². The fourth-order valence-electron chi connectivity index (χ4n) is 2.73. The predicted molar refractivity (Wildman–Crippen MR) is 97.5 cm³/mol.